The van der Waals surface area contributed by atoms with Crippen molar-refractivity contribution in [1.29, 1.82) is 0 Å². The normalized spacial score (nSPS) is 14.7. The van der Waals surface area contributed by atoms with Gasteiger partial charge in [-0.3, -0.25) is 0 Å². The van der Waals surface area contributed by atoms with E-state index in [1.54, 1.807) is 24.3 Å². The molecule has 1 aliphatic rings. The molecule has 0 radical (unpaired) electrons. The van der Waals surface area contributed by atoms with Crippen LogP contribution in [-0.4, -0.2) is 51.7 Å². The van der Waals surface area contributed by atoms with Crippen molar-refractivity contribution in [3.63, 3.8) is 0 Å². The number of hydrogen-bond acceptors (Lipinski definition) is 7. The van der Waals surface area contributed by atoms with Crippen LogP contribution in [0, 0.1) is 0 Å². The summed E-state index contributed by atoms with van der Waals surface area (Å²) in [7, 11) is -0.924. The molecule has 3 rings (SSSR count). The first-order valence-corrected chi connectivity index (χ1v) is 8.75. The molecule has 10 heteroatoms. The largest absolute Gasteiger partial charge is 0.465 e. The summed E-state index contributed by atoms with van der Waals surface area (Å²) in [6, 6.07) is 6.60. The number of carbonyl (C=O) groups is 1. The highest BCUT2D eigenvalue weighted by atomic mass is 32.2. The van der Waals surface area contributed by atoms with E-state index in [4.69, 9.17) is 4.74 Å². The molecule has 0 bridgehead atoms. The molecule has 0 spiro atoms. The average Bonchev–Trinajstić information content (AvgIpc) is 2.88. The summed E-state index contributed by atoms with van der Waals surface area (Å²) < 4.78 is 37.4. The maximum atomic E-state index is 12.2. The molecule has 2 aromatic rings. The maximum absolute atomic E-state index is 12.2. The monoisotopic (exact) mass is 364 g/mol. The van der Waals surface area contributed by atoms with Gasteiger partial charge in [-0.15, -0.1) is 0 Å². The van der Waals surface area contributed by atoms with Crippen molar-refractivity contribution in [2.75, 3.05) is 36.4 Å². The molecule has 0 fully saturated rings. The third-order valence-corrected chi connectivity index (χ3v) is 4.99. The summed E-state index contributed by atoms with van der Waals surface area (Å²) in [4.78, 5) is 20.0. The molecule has 1 N–H and O–H groups in total. The Morgan fingerprint density at radius 3 is 2.60 bits per heavy atom. The lowest BCUT2D eigenvalue weighted by atomic mass is 10.1. The second-order valence-electron chi connectivity index (χ2n) is 5.17. The van der Waals surface area contributed by atoms with E-state index in [9.17, 15) is 13.2 Å². The average molecular weight is 364 g/mol. The Kier molecular flexibility index (Phi) is 4.55. The van der Waals surface area contributed by atoms with Crippen molar-refractivity contribution in [1.82, 2.24) is 9.97 Å². The predicted molar refractivity (Wildman–Crippen MR) is 90.6 cm³/mol. The van der Waals surface area contributed by atoms with E-state index >= 15 is 0 Å². The highest BCUT2D eigenvalue weighted by Gasteiger charge is 2.35. The number of nitrogens with one attached hydrogen (secondary N) is 1. The van der Waals surface area contributed by atoms with Gasteiger partial charge in [0.05, 0.1) is 37.7 Å². The van der Waals surface area contributed by atoms with Crippen LogP contribution in [0.4, 0.5) is 11.6 Å². The number of carbonyl (C=O) groups excluding carboxylic acids is 1. The summed E-state index contributed by atoms with van der Waals surface area (Å²) in [5.41, 5.74) is 1.58. The van der Waals surface area contributed by atoms with Gasteiger partial charge in [0.2, 0.25) is 0 Å². The predicted octanol–water partition coefficient (Wildman–Crippen LogP) is 1.05. The molecule has 132 valence electrons. The fraction of sp³-hybridized carbons (Fsp3) is 0.267. The van der Waals surface area contributed by atoms with E-state index in [0.29, 0.717) is 16.8 Å². The molecule has 0 aliphatic carbocycles. The fourth-order valence-electron chi connectivity index (χ4n) is 2.35. The van der Waals surface area contributed by atoms with E-state index in [-0.39, 0.29) is 24.8 Å². The molecule has 0 unspecified atom stereocenters. The van der Waals surface area contributed by atoms with Crippen molar-refractivity contribution in [3.05, 3.63) is 36.0 Å². The minimum absolute atomic E-state index is 0.123. The quantitative estimate of drug-likeness (QED) is 0.790. The molecular formula is C15H16N4O5S. The van der Waals surface area contributed by atoms with Gasteiger partial charge >= 0.3 is 16.2 Å². The molecule has 1 aromatic carbocycles. The summed E-state index contributed by atoms with van der Waals surface area (Å²) in [5, 5.41) is 0. The molecule has 9 nitrogen and oxygen atoms in total. The first-order valence-electron chi connectivity index (χ1n) is 7.31. The van der Waals surface area contributed by atoms with E-state index < -0.39 is 16.2 Å². The number of hydrogen-bond donors (Lipinski definition) is 1. The topological polar surface area (TPSA) is 111 Å². The Bertz CT molecular complexity index is 899. The van der Waals surface area contributed by atoms with Gasteiger partial charge in [-0.25, -0.2) is 23.8 Å². The molecule has 0 atom stereocenters. The highest BCUT2D eigenvalue weighted by molar-refractivity contribution is 7.94. The summed E-state index contributed by atoms with van der Waals surface area (Å²) in [5.74, 6) is -0.0507. The number of fused-ring (bicyclic) bond motifs is 1. The standard InChI is InChI=1S/C15H16N4O5S/c1-23-8-7-19-14-13(18-25(19,21)22)16-9-12(17-14)10-3-5-11(6-4-10)15(20)24-2/h3-6,9H,7-8H2,1-2H3,(H,16,18). The van der Waals surface area contributed by atoms with Crippen LogP contribution < -0.4 is 9.03 Å². The third kappa shape index (κ3) is 3.26. The van der Waals surface area contributed by atoms with E-state index in [0.717, 1.165) is 4.31 Å². The van der Waals surface area contributed by atoms with Gasteiger partial charge in [-0.05, 0) is 12.1 Å². The maximum Gasteiger partial charge on any atom is 0.337 e. The molecule has 0 saturated carbocycles. The van der Waals surface area contributed by atoms with Crippen LogP contribution >= 0.6 is 0 Å². The molecule has 0 amide bonds. The molecule has 0 saturated heterocycles. The lowest BCUT2D eigenvalue weighted by molar-refractivity contribution is 0.0600. The van der Waals surface area contributed by atoms with E-state index in [2.05, 4.69) is 19.4 Å². The Morgan fingerprint density at radius 2 is 1.96 bits per heavy atom. The van der Waals surface area contributed by atoms with Crippen LogP contribution in [0.15, 0.2) is 30.5 Å². The first-order chi connectivity index (χ1) is 12.0. The molecule has 25 heavy (non-hydrogen) atoms. The van der Waals surface area contributed by atoms with Gasteiger partial charge in [0.25, 0.3) is 0 Å². The van der Waals surface area contributed by atoms with Crippen LogP contribution in [0.5, 0.6) is 0 Å². The number of ether oxygens (including phenoxy) is 2. The van der Waals surface area contributed by atoms with Crippen LogP contribution in [0.1, 0.15) is 10.4 Å². The zero-order valence-corrected chi connectivity index (χ0v) is 14.4. The Hall–Kier alpha value is -2.72. The minimum atomic E-state index is -3.72. The lowest BCUT2D eigenvalue weighted by Crippen LogP contribution is -2.33. The summed E-state index contributed by atoms with van der Waals surface area (Å²) in [6.45, 7) is 0.346. The van der Waals surface area contributed by atoms with E-state index in [1.807, 2.05) is 0 Å². The van der Waals surface area contributed by atoms with Crippen molar-refractivity contribution in [3.8, 4) is 11.3 Å². The summed E-state index contributed by atoms with van der Waals surface area (Å²) >= 11 is 0. The Morgan fingerprint density at radius 1 is 1.24 bits per heavy atom. The minimum Gasteiger partial charge on any atom is -0.465 e. The zero-order chi connectivity index (χ0) is 18.0. The van der Waals surface area contributed by atoms with Crippen molar-refractivity contribution in [2.45, 2.75) is 0 Å². The molecule has 1 aliphatic heterocycles. The highest BCUT2D eigenvalue weighted by Crippen LogP contribution is 2.33. The van der Waals surface area contributed by atoms with E-state index in [1.165, 1.54) is 20.4 Å². The van der Waals surface area contributed by atoms with Crippen molar-refractivity contribution in [2.24, 2.45) is 0 Å². The number of benzene rings is 1. The number of rotatable bonds is 5. The zero-order valence-electron chi connectivity index (χ0n) is 13.6. The third-order valence-electron chi connectivity index (χ3n) is 3.61. The molecular weight excluding hydrogens is 348 g/mol. The second kappa shape index (κ2) is 6.65. The number of methoxy groups -OCH3 is 2. The number of esters is 1. The lowest BCUT2D eigenvalue weighted by Gasteiger charge is -2.15. The van der Waals surface area contributed by atoms with Crippen molar-refractivity contribution >= 4 is 27.8 Å². The van der Waals surface area contributed by atoms with Gasteiger partial charge < -0.3 is 9.47 Å². The Labute approximate surface area is 144 Å². The number of anilines is 2. The second-order valence-corrected chi connectivity index (χ2v) is 6.76. The first kappa shape index (κ1) is 17.1. The smallest absolute Gasteiger partial charge is 0.337 e. The van der Waals surface area contributed by atoms with Gasteiger partial charge in [0, 0.05) is 12.7 Å². The number of aromatic nitrogens is 2. The number of nitrogens with zero attached hydrogens (tertiary/aromatic N) is 3. The summed E-state index contributed by atoms with van der Waals surface area (Å²) in [6.07, 6.45) is 1.47. The molecule has 2 heterocycles. The van der Waals surface area contributed by atoms with Gasteiger partial charge in [0.15, 0.2) is 11.6 Å². The Balaban J connectivity index is 1.95. The van der Waals surface area contributed by atoms with Crippen LogP contribution in [-0.2, 0) is 19.7 Å². The van der Waals surface area contributed by atoms with Gasteiger partial charge in [-0.2, -0.15) is 8.42 Å². The van der Waals surface area contributed by atoms with Crippen LogP contribution in [0.25, 0.3) is 11.3 Å². The van der Waals surface area contributed by atoms with Gasteiger partial charge in [0.1, 0.15) is 0 Å². The van der Waals surface area contributed by atoms with Gasteiger partial charge in [-0.1, -0.05) is 12.1 Å². The van der Waals surface area contributed by atoms with Crippen LogP contribution in [0.3, 0.4) is 0 Å². The van der Waals surface area contributed by atoms with Crippen LogP contribution in [0.2, 0.25) is 0 Å². The SMILES string of the molecule is COCCN1c2nc(-c3ccc(C(=O)OC)cc3)cnc2NS1(=O)=O. The fourth-order valence-corrected chi connectivity index (χ4v) is 3.52. The van der Waals surface area contributed by atoms with Crippen molar-refractivity contribution < 1.29 is 22.7 Å². The molecule has 1 aromatic heterocycles.